The Hall–Kier alpha value is -2.34. The van der Waals surface area contributed by atoms with E-state index in [2.05, 4.69) is 26.0 Å². The van der Waals surface area contributed by atoms with Gasteiger partial charge in [-0.3, -0.25) is 4.90 Å². The quantitative estimate of drug-likeness (QED) is 0.805. The van der Waals surface area contributed by atoms with Crippen molar-refractivity contribution in [1.82, 2.24) is 20.0 Å². The highest BCUT2D eigenvalue weighted by atomic mass is 16.5. The SMILES string of the molecule is Cc1cc(CN2CCCN(c3nc4ccccc4[nH]3)CC2)no1. The number of aryl methyl sites for hydroxylation is 1. The Morgan fingerprint density at radius 1 is 1.17 bits per heavy atom. The van der Waals surface area contributed by atoms with Gasteiger partial charge in [-0.1, -0.05) is 17.3 Å². The normalized spacial score (nSPS) is 16.8. The van der Waals surface area contributed by atoms with Crippen molar-refractivity contribution in [2.75, 3.05) is 31.1 Å². The number of rotatable bonds is 3. The fourth-order valence-corrected chi connectivity index (χ4v) is 3.15. The summed E-state index contributed by atoms with van der Waals surface area (Å²) in [6.07, 6.45) is 1.12. The number of hydrogen-bond donors (Lipinski definition) is 1. The molecule has 4 rings (SSSR count). The zero-order chi connectivity index (χ0) is 15.6. The molecule has 0 spiro atoms. The second-order valence-electron chi connectivity index (χ2n) is 6.12. The van der Waals surface area contributed by atoms with Gasteiger partial charge in [0.25, 0.3) is 0 Å². The van der Waals surface area contributed by atoms with Gasteiger partial charge in [-0.25, -0.2) is 4.98 Å². The highest BCUT2D eigenvalue weighted by molar-refractivity contribution is 5.77. The summed E-state index contributed by atoms with van der Waals surface area (Å²) in [7, 11) is 0. The second kappa shape index (κ2) is 6.04. The molecule has 3 heterocycles. The third-order valence-corrected chi connectivity index (χ3v) is 4.33. The number of fused-ring (bicyclic) bond motifs is 1. The molecule has 6 heteroatoms. The largest absolute Gasteiger partial charge is 0.361 e. The summed E-state index contributed by atoms with van der Waals surface area (Å²) in [5, 5.41) is 4.10. The lowest BCUT2D eigenvalue weighted by Gasteiger charge is -2.20. The van der Waals surface area contributed by atoms with Crippen LogP contribution in [0, 0.1) is 6.92 Å². The molecule has 1 fully saturated rings. The van der Waals surface area contributed by atoms with Gasteiger partial charge in [0, 0.05) is 38.8 Å². The van der Waals surface area contributed by atoms with Crippen LogP contribution in [0.2, 0.25) is 0 Å². The molecule has 3 aromatic rings. The van der Waals surface area contributed by atoms with E-state index < -0.39 is 0 Å². The van der Waals surface area contributed by atoms with Gasteiger partial charge in [0.1, 0.15) is 5.76 Å². The summed E-state index contributed by atoms with van der Waals surface area (Å²) in [6.45, 7) is 6.85. The molecule has 1 aliphatic rings. The molecule has 0 radical (unpaired) electrons. The van der Waals surface area contributed by atoms with Gasteiger partial charge in [0.15, 0.2) is 0 Å². The van der Waals surface area contributed by atoms with Crippen LogP contribution in [0.25, 0.3) is 11.0 Å². The van der Waals surface area contributed by atoms with Crippen LogP contribution in [-0.2, 0) is 6.54 Å². The van der Waals surface area contributed by atoms with Crippen LogP contribution in [0.1, 0.15) is 17.9 Å². The summed E-state index contributed by atoms with van der Waals surface area (Å²) < 4.78 is 5.16. The fourth-order valence-electron chi connectivity index (χ4n) is 3.15. The van der Waals surface area contributed by atoms with Crippen molar-refractivity contribution in [3.8, 4) is 0 Å². The van der Waals surface area contributed by atoms with Gasteiger partial charge in [0.05, 0.1) is 16.7 Å². The molecular formula is C17H21N5O. The standard InChI is InChI=1S/C17H21N5O/c1-13-11-14(20-23-13)12-21-7-4-8-22(10-9-21)17-18-15-5-2-3-6-16(15)19-17/h2-3,5-6,11H,4,7-10,12H2,1H3,(H,18,19). The number of aromatic nitrogens is 3. The van der Waals surface area contributed by atoms with Crippen LogP contribution in [-0.4, -0.2) is 46.2 Å². The van der Waals surface area contributed by atoms with Crippen LogP contribution in [0.4, 0.5) is 5.95 Å². The predicted octanol–water partition coefficient (Wildman–Crippen LogP) is 2.57. The first-order valence-corrected chi connectivity index (χ1v) is 8.12. The van der Waals surface area contributed by atoms with Crippen LogP contribution in [0.5, 0.6) is 0 Å². The fraction of sp³-hybridized carbons (Fsp3) is 0.412. The van der Waals surface area contributed by atoms with Gasteiger partial charge < -0.3 is 14.4 Å². The zero-order valence-corrected chi connectivity index (χ0v) is 13.3. The van der Waals surface area contributed by atoms with Crippen LogP contribution in [0.15, 0.2) is 34.9 Å². The topological polar surface area (TPSA) is 61.2 Å². The third kappa shape index (κ3) is 3.07. The summed E-state index contributed by atoms with van der Waals surface area (Å²) in [4.78, 5) is 12.9. The Bertz CT molecular complexity index is 760. The molecule has 0 unspecified atom stereocenters. The molecule has 1 aliphatic heterocycles. The molecule has 2 aromatic heterocycles. The minimum absolute atomic E-state index is 0.852. The summed E-state index contributed by atoms with van der Waals surface area (Å²) in [6, 6.07) is 10.2. The number of anilines is 1. The monoisotopic (exact) mass is 311 g/mol. The van der Waals surface area contributed by atoms with E-state index in [1.807, 2.05) is 31.2 Å². The third-order valence-electron chi connectivity index (χ3n) is 4.33. The molecule has 120 valence electrons. The first kappa shape index (κ1) is 14.3. The average Bonchev–Trinajstić information content (AvgIpc) is 3.08. The van der Waals surface area contributed by atoms with E-state index in [0.29, 0.717) is 0 Å². The number of aromatic amines is 1. The Morgan fingerprint density at radius 3 is 2.91 bits per heavy atom. The molecule has 1 N–H and O–H groups in total. The summed E-state index contributed by atoms with van der Waals surface area (Å²) >= 11 is 0. The van der Waals surface area contributed by atoms with Crippen molar-refractivity contribution >= 4 is 17.0 Å². The molecule has 0 aliphatic carbocycles. The van der Waals surface area contributed by atoms with Crippen molar-refractivity contribution in [2.24, 2.45) is 0 Å². The molecule has 6 nitrogen and oxygen atoms in total. The van der Waals surface area contributed by atoms with E-state index >= 15 is 0 Å². The predicted molar refractivity (Wildman–Crippen MR) is 89.4 cm³/mol. The molecule has 1 aromatic carbocycles. The number of imidazole rings is 1. The maximum atomic E-state index is 5.16. The zero-order valence-electron chi connectivity index (χ0n) is 13.3. The average molecular weight is 311 g/mol. The smallest absolute Gasteiger partial charge is 0.203 e. The summed E-state index contributed by atoms with van der Waals surface area (Å²) in [5.41, 5.74) is 3.14. The van der Waals surface area contributed by atoms with Gasteiger partial charge in [-0.15, -0.1) is 0 Å². The highest BCUT2D eigenvalue weighted by Crippen LogP contribution is 2.19. The second-order valence-corrected chi connectivity index (χ2v) is 6.12. The summed E-state index contributed by atoms with van der Waals surface area (Å²) in [5.74, 6) is 1.85. The number of hydrogen-bond acceptors (Lipinski definition) is 5. The van der Waals surface area contributed by atoms with Crippen molar-refractivity contribution in [1.29, 1.82) is 0 Å². The van der Waals surface area contributed by atoms with Crippen molar-refractivity contribution in [3.63, 3.8) is 0 Å². The van der Waals surface area contributed by atoms with Crippen LogP contribution < -0.4 is 4.90 Å². The van der Waals surface area contributed by atoms with Crippen LogP contribution >= 0.6 is 0 Å². The number of para-hydroxylation sites is 2. The van der Waals surface area contributed by atoms with Crippen LogP contribution in [0.3, 0.4) is 0 Å². The number of H-pyrrole nitrogens is 1. The number of nitrogens with one attached hydrogen (secondary N) is 1. The van der Waals surface area contributed by atoms with Gasteiger partial charge in [0.2, 0.25) is 5.95 Å². The first-order valence-electron chi connectivity index (χ1n) is 8.12. The maximum absolute atomic E-state index is 5.16. The molecule has 23 heavy (non-hydrogen) atoms. The lowest BCUT2D eigenvalue weighted by Crippen LogP contribution is -2.31. The lowest BCUT2D eigenvalue weighted by atomic mass is 10.3. The molecule has 0 amide bonds. The van der Waals surface area contributed by atoms with E-state index in [0.717, 1.165) is 67.6 Å². The molecule has 1 saturated heterocycles. The minimum atomic E-state index is 0.852. The lowest BCUT2D eigenvalue weighted by molar-refractivity contribution is 0.273. The Labute approximate surface area is 135 Å². The van der Waals surface area contributed by atoms with Gasteiger partial charge in [-0.05, 0) is 25.5 Å². The van der Waals surface area contributed by atoms with E-state index in [-0.39, 0.29) is 0 Å². The van der Waals surface area contributed by atoms with E-state index in [1.54, 1.807) is 0 Å². The van der Waals surface area contributed by atoms with Gasteiger partial charge >= 0.3 is 0 Å². The number of nitrogens with zero attached hydrogens (tertiary/aromatic N) is 4. The first-order chi connectivity index (χ1) is 11.3. The molecule has 0 saturated carbocycles. The van der Waals surface area contributed by atoms with E-state index in [1.165, 1.54) is 0 Å². The Morgan fingerprint density at radius 2 is 2.09 bits per heavy atom. The Balaban J connectivity index is 1.44. The van der Waals surface area contributed by atoms with Crippen molar-refractivity contribution < 1.29 is 4.52 Å². The number of benzene rings is 1. The van der Waals surface area contributed by atoms with Crippen molar-refractivity contribution in [3.05, 3.63) is 41.8 Å². The Kier molecular flexibility index (Phi) is 3.75. The van der Waals surface area contributed by atoms with Crippen molar-refractivity contribution in [2.45, 2.75) is 19.9 Å². The molecule has 0 atom stereocenters. The molecular weight excluding hydrogens is 290 g/mol. The van der Waals surface area contributed by atoms with E-state index in [9.17, 15) is 0 Å². The van der Waals surface area contributed by atoms with E-state index in [4.69, 9.17) is 9.51 Å². The minimum Gasteiger partial charge on any atom is -0.361 e. The molecule has 0 bridgehead atoms. The maximum Gasteiger partial charge on any atom is 0.203 e. The highest BCUT2D eigenvalue weighted by Gasteiger charge is 2.18. The van der Waals surface area contributed by atoms with Gasteiger partial charge in [-0.2, -0.15) is 0 Å².